The molecule has 1 aliphatic rings. The van der Waals surface area contributed by atoms with Crippen LogP contribution in [0.1, 0.15) is 25.0 Å². The number of rotatable bonds is 5. The molecule has 8 aromatic carbocycles. The van der Waals surface area contributed by atoms with Crippen molar-refractivity contribution in [2.45, 2.75) is 19.3 Å². The van der Waals surface area contributed by atoms with Gasteiger partial charge in [-0.15, -0.1) is 11.3 Å². The van der Waals surface area contributed by atoms with Crippen molar-refractivity contribution in [3.05, 3.63) is 187 Å². The lowest BCUT2D eigenvalue weighted by molar-refractivity contribution is 0.660. The summed E-state index contributed by atoms with van der Waals surface area (Å²) in [6.45, 7) is 4.70. The number of nitrogens with zero attached hydrogens (tertiary/aromatic N) is 1. The van der Waals surface area contributed by atoms with Gasteiger partial charge in [-0.2, -0.15) is 0 Å². The minimum Gasteiger partial charge on any atom is -0.456 e. The minimum absolute atomic E-state index is 0.128. The van der Waals surface area contributed by atoms with Crippen molar-refractivity contribution >= 4 is 70.5 Å². The Morgan fingerprint density at radius 3 is 1.91 bits per heavy atom. The number of anilines is 3. The lowest BCUT2D eigenvalue weighted by atomic mass is 9.82. The van der Waals surface area contributed by atoms with Crippen LogP contribution in [0.4, 0.5) is 17.1 Å². The lowest BCUT2D eigenvalue weighted by Gasteiger charge is -2.28. The van der Waals surface area contributed by atoms with E-state index >= 15 is 0 Å². The molecule has 0 saturated heterocycles. The summed E-state index contributed by atoms with van der Waals surface area (Å²) in [6.07, 6.45) is 0. The van der Waals surface area contributed by atoms with Crippen LogP contribution in [-0.2, 0) is 5.41 Å². The number of benzene rings is 8. The summed E-state index contributed by atoms with van der Waals surface area (Å²) in [5.41, 5.74) is 15.0. The molecule has 0 bridgehead atoms. The highest BCUT2D eigenvalue weighted by Crippen LogP contribution is 2.52. The molecule has 256 valence electrons. The predicted molar refractivity (Wildman–Crippen MR) is 230 cm³/mol. The van der Waals surface area contributed by atoms with E-state index in [0.29, 0.717) is 0 Å². The van der Waals surface area contributed by atoms with Crippen molar-refractivity contribution in [1.29, 1.82) is 0 Å². The molecule has 2 heterocycles. The van der Waals surface area contributed by atoms with E-state index in [2.05, 4.69) is 195 Å². The predicted octanol–water partition coefficient (Wildman–Crippen LogP) is 15.1. The van der Waals surface area contributed by atoms with Crippen molar-refractivity contribution in [1.82, 2.24) is 0 Å². The first-order valence-corrected chi connectivity index (χ1v) is 19.4. The van der Waals surface area contributed by atoms with Crippen LogP contribution in [0, 0.1) is 0 Å². The van der Waals surface area contributed by atoms with Gasteiger partial charge in [0.05, 0.1) is 5.69 Å². The molecule has 0 saturated carbocycles. The van der Waals surface area contributed by atoms with Crippen molar-refractivity contribution in [3.8, 4) is 33.4 Å². The molecule has 1 aliphatic carbocycles. The monoisotopic (exact) mass is 709 g/mol. The zero-order valence-corrected chi connectivity index (χ0v) is 30.8. The van der Waals surface area contributed by atoms with Crippen LogP contribution in [0.2, 0.25) is 0 Å². The highest BCUT2D eigenvalue weighted by molar-refractivity contribution is 7.26. The first-order chi connectivity index (χ1) is 26.5. The Bertz CT molecular complexity index is 3060. The first kappa shape index (κ1) is 31.1. The van der Waals surface area contributed by atoms with E-state index in [1.807, 2.05) is 11.3 Å². The fourth-order valence-corrected chi connectivity index (χ4v) is 9.99. The average molecular weight is 710 g/mol. The van der Waals surface area contributed by atoms with Crippen LogP contribution in [0.15, 0.2) is 180 Å². The van der Waals surface area contributed by atoms with E-state index in [9.17, 15) is 0 Å². The smallest absolute Gasteiger partial charge is 0.138 e. The van der Waals surface area contributed by atoms with Crippen molar-refractivity contribution < 1.29 is 4.42 Å². The van der Waals surface area contributed by atoms with Gasteiger partial charge in [0.15, 0.2) is 0 Å². The van der Waals surface area contributed by atoms with Crippen LogP contribution in [0.5, 0.6) is 0 Å². The minimum atomic E-state index is -0.128. The third kappa shape index (κ3) is 4.65. The van der Waals surface area contributed by atoms with Gasteiger partial charge in [-0.25, -0.2) is 0 Å². The first-order valence-electron chi connectivity index (χ1n) is 18.6. The Hall–Kier alpha value is -6.42. The molecule has 10 aromatic rings. The largest absolute Gasteiger partial charge is 0.456 e. The summed E-state index contributed by atoms with van der Waals surface area (Å²) < 4.78 is 9.47. The van der Waals surface area contributed by atoms with Gasteiger partial charge in [-0.3, -0.25) is 0 Å². The second-order valence-corrected chi connectivity index (χ2v) is 16.0. The molecule has 0 N–H and O–H groups in total. The lowest BCUT2D eigenvalue weighted by Crippen LogP contribution is -2.16. The van der Waals surface area contributed by atoms with Gasteiger partial charge in [0.1, 0.15) is 11.2 Å². The highest BCUT2D eigenvalue weighted by Gasteiger charge is 2.36. The van der Waals surface area contributed by atoms with E-state index in [-0.39, 0.29) is 5.41 Å². The van der Waals surface area contributed by atoms with Crippen molar-refractivity contribution in [3.63, 3.8) is 0 Å². The third-order valence-corrected chi connectivity index (χ3v) is 12.6. The maximum Gasteiger partial charge on any atom is 0.138 e. The maximum absolute atomic E-state index is 6.91. The average Bonchev–Trinajstić information content (AvgIpc) is 3.86. The molecule has 0 fully saturated rings. The molecule has 0 aliphatic heterocycles. The summed E-state index contributed by atoms with van der Waals surface area (Å²) in [4.78, 5) is 2.41. The van der Waals surface area contributed by atoms with E-state index in [1.54, 1.807) is 0 Å². The number of fused-ring (bicyclic) bond motifs is 10. The Labute approximate surface area is 318 Å². The quantitative estimate of drug-likeness (QED) is 0.177. The van der Waals surface area contributed by atoms with Crippen LogP contribution >= 0.6 is 11.3 Å². The molecule has 0 unspecified atom stereocenters. The van der Waals surface area contributed by atoms with Gasteiger partial charge in [0, 0.05) is 53.8 Å². The van der Waals surface area contributed by atoms with E-state index < -0.39 is 0 Å². The summed E-state index contributed by atoms with van der Waals surface area (Å²) >= 11 is 1.85. The summed E-state index contributed by atoms with van der Waals surface area (Å²) in [5.74, 6) is 0. The Morgan fingerprint density at radius 2 is 1.09 bits per heavy atom. The van der Waals surface area contributed by atoms with Crippen molar-refractivity contribution in [2.75, 3.05) is 4.90 Å². The zero-order valence-electron chi connectivity index (χ0n) is 30.0. The zero-order chi connectivity index (χ0) is 36.0. The Morgan fingerprint density at radius 1 is 0.426 bits per heavy atom. The second kappa shape index (κ2) is 11.8. The maximum atomic E-state index is 6.91. The van der Waals surface area contributed by atoms with Gasteiger partial charge in [0.25, 0.3) is 0 Å². The molecule has 3 heteroatoms. The fourth-order valence-electron chi connectivity index (χ4n) is 8.88. The molecule has 2 nitrogen and oxygen atoms in total. The summed E-state index contributed by atoms with van der Waals surface area (Å²) in [6, 6.07) is 64.0. The molecule has 54 heavy (non-hydrogen) atoms. The Balaban J connectivity index is 1.18. The van der Waals surface area contributed by atoms with E-state index in [0.717, 1.165) is 44.7 Å². The molecule has 0 radical (unpaired) electrons. The Kier molecular flexibility index (Phi) is 6.80. The SMILES string of the molecule is CC1(C)c2ccccc2-c2ccc(N(c3ccc(-c4ccccc4)cc3)c3cc(-c4ccccc4)c4c(c3)oc3ccc5sc6ccccc6c5c34)cc21. The van der Waals surface area contributed by atoms with Crippen LogP contribution in [0.25, 0.3) is 75.5 Å². The molecule has 2 aromatic heterocycles. The number of furan rings is 1. The number of hydrogen-bond acceptors (Lipinski definition) is 3. The third-order valence-electron chi connectivity index (χ3n) is 11.5. The highest BCUT2D eigenvalue weighted by atomic mass is 32.1. The van der Waals surface area contributed by atoms with E-state index in [4.69, 9.17) is 4.42 Å². The van der Waals surface area contributed by atoms with Crippen LogP contribution in [-0.4, -0.2) is 0 Å². The van der Waals surface area contributed by atoms with Gasteiger partial charge in [-0.05, 0) is 93.0 Å². The molecule has 0 atom stereocenters. The fraction of sp³-hybridized carbons (Fsp3) is 0.0588. The molecule has 0 amide bonds. The summed E-state index contributed by atoms with van der Waals surface area (Å²) in [5, 5.41) is 4.88. The molecule has 11 rings (SSSR count). The number of hydrogen-bond donors (Lipinski definition) is 0. The van der Waals surface area contributed by atoms with Crippen LogP contribution < -0.4 is 4.90 Å². The van der Waals surface area contributed by atoms with Gasteiger partial charge in [-0.1, -0.05) is 135 Å². The standard InChI is InChI=1S/C51H35NOS/c1-51(2)42-19-11-9-17-38(42)39-26-25-36(30-43(39)51)52(35-23-21-33(22-24-35)32-13-5-3-6-14-32)37-29-41(34-15-7-4-8-16-34)48-45(31-37)53-44-27-28-47-49(50(44)48)40-18-10-12-20-46(40)54-47/h3-31H,1-2H3. The van der Waals surface area contributed by atoms with Gasteiger partial charge < -0.3 is 9.32 Å². The molecule has 0 spiro atoms. The molecular weight excluding hydrogens is 675 g/mol. The van der Waals surface area contributed by atoms with Crippen molar-refractivity contribution in [2.24, 2.45) is 0 Å². The van der Waals surface area contributed by atoms with Gasteiger partial charge >= 0.3 is 0 Å². The normalized spacial score (nSPS) is 13.1. The van der Waals surface area contributed by atoms with Crippen LogP contribution in [0.3, 0.4) is 0 Å². The van der Waals surface area contributed by atoms with Gasteiger partial charge in [0.2, 0.25) is 0 Å². The molecular formula is C51H35NOS. The summed E-state index contributed by atoms with van der Waals surface area (Å²) in [7, 11) is 0. The topological polar surface area (TPSA) is 16.4 Å². The second-order valence-electron chi connectivity index (χ2n) is 14.9. The number of thiophene rings is 1. The van der Waals surface area contributed by atoms with E-state index in [1.165, 1.54) is 58.9 Å².